The maximum absolute atomic E-state index is 11.5. The molecule has 0 aliphatic heterocycles. The summed E-state index contributed by atoms with van der Waals surface area (Å²) in [7, 11) is 0. The molecule has 0 spiro atoms. The van der Waals surface area contributed by atoms with Crippen LogP contribution in [0.5, 0.6) is 0 Å². The van der Waals surface area contributed by atoms with E-state index in [1.165, 1.54) is 16.5 Å². The Morgan fingerprint density at radius 2 is 1.92 bits per heavy atom. The predicted octanol–water partition coefficient (Wildman–Crippen LogP) is 5.16. The van der Waals surface area contributed by atoms with Crippen molar-refractivity contribution in [2.75, 3.05) is 0 Å². The van der Waals surface area contributed by atoms with Gasteiger partial charge in [0.25, 0.3) is 0 Å². The fraction of sp³-hybridized carbons (Fsp3) is 0.0526. The number of rotatable bonds is 4. The van der Waals surface area contributed by atoms with Crippen molar-refractivity contribution in [3.63, 3.8) is 0 Å². The third kappa shape index (κ3) is 2.92. The number of nitrogens with zero attached hydrogens (tertiary/aromatic N) is 2. The first-order valence-electron chi connectivity index (χ1n) is 7.65. The molecule has 0 atom stereocenters. The van der Waals surface area contributed by atoms with Gasteiger partial charge in [-0.05, 0) is 29.8 Å². The van der Waals surface area contributed by atoms with Crippen LogP contribution >= 0.6 is 22.9 Å². The van der Waals surface area contributed by atoms with Crippen molar-refractivity contribution in [1.29, 1.82) is 0 Å². The summed E-state index contributed by atoms with van der Waals surface area (Å²) in [4.78, 5) is 13.8. The number of aromatic nitrogens is 2. The number of benzene rings is 2. The van der Waals surface area contributed by atoms with Crippen LogP contribution in [-0.2, 0) is 6.54 Å². The Kier molecular flexibility index (Phi) is 4.03. The molecule has 4 nitrogen and oxygen atoms in total. The third-order valence-corrected chi connectivity index (χ3v) is 5.45. The van der Waals surface area contributed by atoms with Crippen molar-refractivity contribution in [3.05, 3.63) is 76.3 Å². The van der Waals surface area contributed by atoms with Crippen LogP contribution in [0.1, 0.15) is 15.2 Å². The highest BCUT2D eigenvalue weighted by Gasteiger charge is 2.16. The molecule has 124 valence electrons. The molecule has 0 saturated heterocycles. The van der Waals surface area contributed by atoms with Crippen molar-refractivity contribution in [2.45, 2.75) is 6.54 Å². The highest BCUT2D eigenvalue weighted by Crippen LogP contribution is 2.31. The summed E-state index contributed by atoms with van der Waals surface area (Å²) in [6.07, 6.45) is 1.62. The molecule has 25 heavy (non-hydrogen) atoms. The zero-order valence-electron chi connectivity index (χ0n) is 13.0. The maximum Gasteiger partial charge on any atom is 0.337 e. The molecule has 0 amide bonds. The second-order valence-electron chi connectivity index (χ2n) is 5.60. The molecule has 0 unspecified atom stereocenters. The van der Waals surface area contributed by atoms with Crippen molar-refractivity contribution in [1.82, 2.24) is 9.78 Å². The molecule has 2 aromatic carbocycles. The SMILES string of the molecule is O=C(O)c1ccc(Cl)c2cnn(Cc3ccc(-c4ccccc4)s3)c12. The molecule has 4 rings (SSSR count). The topological polar surface area (TPSA) is 55.1 Å². The van der Waals surface area contributed by atoms with Gasteiger partial charge >= 0.3 is 5.97 Å². The summed E-state index contributed by atoms with van der Waals surface area (Å²) < 4.78 is 1.70. The summed E-state index contributed by atoms with van der Waals surface area (Å²) in [6.45, 7) is 0.502. The van der Waals surface area contributed by atoms with Gasteiger partial charge in [0.1, 0.15) is 0 Å². The van der Waals surface area contributed by atoms with E-state index in [1.54, 1.807) is 28.3 Å². The van der Waals surface area contributed by atoms with Crippen LogP contribution in [0.25, 0.3) is 21.3 Å². The first kappa shape index (κ1) is 15.9. The minimum Gasteiger partial charge on any atom is -0.478 e. The molecular weight excluding hydrogens is 356 g/mol. The number of carbonyl (C=O) groups is 1. The average Bonchev–Trinajstić information content (AvgIpc) is 3.24. The van der Waals surface area contributed by atoms with E-state index >= 15 is 0 Å². The van der Waals surface area contributed by atoms with Gasteiger partial charge in [-0.3, -0.25) is 4.68 Å². The third-order valence-electron chi connectivity index (χ3n) is 4.00. The Balaban J connectivity index is 1.73. The first-order valence-corrected chi connectivity index (χ1v) is 8.84. The number of aromatic carboxylic acids is 1. The van der Waals surface area contributed by atoms with Gasteiger partial charge in [0.2, 0.25) is 0 Å². The van der Waals surface area contributed by atoms with E-state index in [0.29, 0.717) is 22.5 Å². The lowest BCUT2D eigenvalue weighted by Crippen LogP contribution is -2.05. The van der Waals surface area contributed by atoms with E-state index < -0.39 is 5.97 Å². The lowest BCUT2D eigenvalue weighted by Gasteiger charge is -2.05. The van der Waals surface area contributed by atoms with E-state index in [9.17, 15) is 9.90 Å². The lowest BCUT2D eigenvalue weighted by molar-refractivity contribution is 0.0698. The van der Waals surface area contributed by atoms with Gasteiger partial charge in [0.15, 0.2) is 0 Å². The van der Waals surface area contributed by atoms with Crippen LogP contribution in [-0.4, -0.2) is 20.9 Å². The average molecular weight is 369 g/mol. The van der Waals surface area contributed by atoms with Gasteiger partial charge in [0, 0.05) is 15.1 Å². The summed E-state index contributed by atoms with van der Waals surface area (Å²) >= 11 is 7.86. The molecular formula is C19H13ClN2O2S. The van der Waals surface area contributed by atoms with Crippen LogP contribution < -0.4 is 0 Å². The number of hydrogen-bond donors (Lipinski definition) is 1. The Hall–Kier alpha value is -2.63. The molecule has 6 heteroatoms. The van der Waals surface area contributed by atoms with E-state index in [0.717, 1.165) is 4.88 Å². The second-order valence-corrected chi connectivity index (χ2v) is 7.17. The van der Waals surface area contributed by atoms with E-state index in [1.807, 2.05) is 24.3 Å². The molecule has 0 saturated carbocycles. The zero-order valence-corrected chi connectivity index (χ0v) is 14.6. The summed E-state index contributed by atoms with van der Waals surface area (Å²) in [5, 5.41) is 15.0. The number of hydrogen-bond acceptors (Lipinski definition) is 3. The van der Waals surface area contributed by atoms with Crippen molar-refractivity contribution < 1.29 is 9.90 Å². The normalized spacial score (nSPS) is 11.1. The highest BCUT2D eigenvalue weighted by atomic mass is 35.5. The van der Waals surface area contributed by atoms with Crippen LogP contribution in [0.15, 0.2) is 60.8 Å². The minimum absolute atomic E-state index is 0.205. The summed E-state index contributed by atoms with van der Waals surface area (Å²) in [6, 6.07) is 17.4. The second kappa shape index (κ2) is 6.35. The lowest BCUT2D eigenvalue weighted by atomic mass is 10.1. The van der Waals surface area contributed by atoms with Gasteiger partial charge < -0.3 is 5.11 Å². The Morgan fingerprint density at radius 1 is 1.12 bits per heavy atom. The monoisotopic (exact) mass is 368 g/mol. The fourth-order valence-corrected chi connectivity index (χ4v) is 4.03. The predicted molar refractivity (Wildman–Crippen MR) is 101 cm³/mol. The zero-order chi connectivity index (χ0) is 17.4. The Bertz CT molecular complexity index is 1070. The summed E-state index contributed by atoms with van der Waals surface area (Å²) in [5.74, 6) is -0.987. The molecule has 0 fully saturated rings. The number of carboxylic acids is 1. The molecule has 0 radical (unpaired) electrons. The van der Waals surface area contributed by atoms with Gasteiger partial charge in [-0.1, -0.05) is 41.9 Å². The van der Waals surface area contributed by atoms with E-state index in [-0.39, 0.29) is 5.56 Å². The van der Waals surface area contributed by atoms with E-state index in [2.05, 4.69) is 23.3 Å². The largest absolute Gasteiger partial charge is 0.478 e. The smallest absolute Gasteiger partial charge is 0.337 e. The Labute approximate surface area is 152 Å². The molecule has 2 heterocycles. The van der Waals surface area contributed by atoms with Crippen LogP contribution in [0.3, 0.4) is 0 Å². The van der Waals surface area contributed by atoms with Crippen molar-refractivity contribution in [2.24, 2.45) is 0 Å². The van der Waals surface area contributed by atoms with Gasteiger partial charge in [-0.15, -0.1) is 11.3 Å². The number of fused-ring (bicyclic) bond motifs is 1. The fourth-order valence-electron chi connectivity index (χ4n) is 2.83. The minimum atomic E-state index is -0.987. The quantitative estimate of drug-likeness (QED) is 0.541. The van der Waals surface area contributed by atoms with Gasteiger partial charge in [-0.25, -0.2) is 4.79 Å². The molecule has 2 aromatic heterocycles. The first-order chi connectivity index (χ1) is 12.1. The maximum atomic E-state index is 11.5. The van der Waals surface area contributed by atoms with Crippen LogP contribution in [0.2, 0.25) is 5.02 Å². The standard InChI is InChI=1S/C19H13ClN2O2S/c20-16-8-7-14(19(23)24)18-15(16)10-21-22(18)11-13-6-9-17(25-13)12-4-2-1-3-5-12/h1-10H,11H2,(H,23,24). The van der Waals surface area contributed by atoms with Gasteiger partial charge in [0.05, 0.1) is 28.8 Å². The summed E-state index contributed by atoms with van der Waals surface area (Å²) in [5.41, 5.74) is 1.92. The Morgan fingerprint density at radius 3 is 2.68 bits per heavy atom. The van der Waals surface area contributed by atoms with Crippen LogP contribution in [0.4, 0.5) is 0 Å². The van der Waals surface area contributed by atoms with E-state index in [4.69, 9.17) is 11.6 Å². The highest BCUT2D eigenvalue weighted by molar-refractivity contribution is 7.15. The number of thiophene rings is 1. The molecule has 4 aromatic rings. The molecule has 1 N–H and O–H groups in total. The van der Waals surface area contributed by atoms with Crippen molar-refractivity contribution >= 4 is 39.8 Å². The van der Waals surface area contributed by atoms with Gasteiger partial charge in [-0.2, -0.15) is 5.10 Å². The molecule has 0 aliphatic carbocycles. The number of carboxylic acid groups (broad SMARTS) is 1. The van der Waals surface area contributed by atoms with Crippen molar-refractivity contribution in [3.8, 4) is 10.4 Å². The van der Waals surface area contributed by atoms with Crippen LogP contribution in [0, 0.1) is 0 Å². The molecule has 0 bridgehead atoms. The molecule has 0 aliphatic rings. The number of halogens is 1.